The lowest BCUT2D eigenvalue weighted by Crippen LogP contribution is -2.37. The normalized spacial score (nSPS) is 18.0. The second-order valence-electron chi connectivity index (χ2n) is 5.45. The van der Waals surface area contributed by atoms with Crippen LogP contribution in [0.5, 0.6) is 5.75 Å². The van der Waals surface area contributed by atoms with Gasteiger partial charge in [-0.05, 0) is 67.9 Å². The molecule has 22 heavy (non-hydrogen) atoms. The molecular formula is C18H18ClNO2. The SMILES string of the molecule is O=C(c1ccc(Cl)cc1)c1ccc(OC2CCCNC2)cc1. The minimum absolute atomic E-state index is 0.0115. The molecule has 0 radical (unpaired) electrons. The number of ketones is 1. The quantitative estimate of drug-likeness (QED) is 0.874. The summed E-state index contributed by atoms with van der Waals surface area (Å²) in [5.41, 5.74) is 1.28. The van der Waals surface area contributed by atoms with E-state index in [1.165, 1.54) is 0 Å². The van der Waals surface area contributed by atoms with E-state index in [-0.39, 0.29) is 11.9 Å². The fourth-order valence-electron chi connectivity index (χ4n) is 2.57. The molecule has 0 aliphatic carbocycles. The molecule has 1 aliphatic heterocycles. The predicted octanol–water partition coefficient (Wildman–Crippen LogP) is 3.70. The first-order valence-electron chi connectivity index (χ1n) is 7.50. The number of nitrogens with one attached hydrogen (secondary N) is 1. The van der Waals surface area contributed by atoms with Crippen LogP contribution in [0.1, 0.15) is 28.8 Å². The Morgan fingerprint density at radius 2 is 1.68 bits per heavy atom. The van der Waals surface area contributed by atoms with Crippen molar-refractivity contribution in [1.29, 1.82) is 0 Å². The minimum Gasteiger partial charge on any atom is -0.489 e. The average molecular weight is 316 g/mol. The highest BCUT2D eigenvalue weighted by Gasteiger charge is 2.15. The first-order valence-corrected chi connectivity index (χ1v) is 7.88. The molecule has 3 rings (SSSR count). The van der Waals surface area contributed by atoms with Crippen LogP contribution in [0.2, 0.25) is 5.02 Å². The van der Waals surface area contributed by atoms with Crippen LogP contribution in [-0.4, -0.2) is 25.0 Å². The van der Waals surface area contributed by atoms with E-state index in [9.17, 15) is 4.79 Å². The maximum absolute atomic E-state index is 12.4. The third-order valence-corrected chi connectivity index (χ3v) is 4.03. The van der Waals surface area contributed by atoms with Crippen molar-refractivity contribution in [2.45, 2.75) is 18.9 Å². The van der Waals surface area contributed by atoms with Gasteiger partial charge in [-0.1, -0.05) is 11.6 Å². The van der Waals surface area contributed by atoms with Crippen LogP contribution < -0.4 is 10.1 Å². The van der Waals surface area contributed by atoms with Crippen LogP contribution in [0.25, 0.3) is 0 Å². The van der Waals surface area contributed by atoms with Gasteiger partial charge in [0.2, 0.25) is 0 Å². The van der Waals surface area contributed by atoms with Gasteiger partial charge in [-0.15, -0.1) is 0 Å². The summed E-state index contributed by atoms with van der Waals surface area (Å²) in [7, 11) is 0. The van der Waals surface area contributed by atoms with E-state index in [1.807, 2.05) is 24.3 Å². The highest BCUT2D eigenvalue weighted by molar-refractivity contribution is 6.30. The number of halogens is 1. The van der Waals surface area contributed by atoms with Crippen LogP contribution in [0.4, 0.5) is 0 Å². The van der Waals surface area contributed by atoms with E-state index in [0.717, 1.165) is 31.7 Å². The highest BCUT2D eigenvalue weighted by Crippen LogP contribution is 2.19. The summed E-state index contributed by atoms with van der Waals surface area (Å²) in [6, 6.07) is 14.3. The summed E-state index contributed by atoms with van der Waals surface area (Å²) >= 11 is 5.84. The first-order chi connectivity index (χ1) is 10.7. The molecule has 0 spiro atoms. The number of hydrogen-bond acceptors (Lipinski definition) is 3. The largest absolute Gasteiger partial charge is 0.489 e. The van der Waals surface area contributed by atoms with E-state index in [2.05, 4.69) is 5.32 Å². The maximum Gasteiger partial charge on any atom is 0.193 e. The fourth-order valence-corrected chi connectivity index (χ4v) is 2.69. The Balaban J connectivity index is 1.68. The summed E-state index contributed by atoms with van der Waals surface area (Å²) in [5, 5.41) is 3.95. The molecule has 1 heterocycles. The Morgan fingerprint density at radius 1 is 1.05 bits per heavy atom. The Hall–Kier alpha value is -1.84. The minimum atomic E-state index is -0.0115. The summed E-state index contributed by atoms with van der Waals surface area (Å²) < 4.78 is 5.92. The van der Waals surface area contributed by atoms with Crippen LogP contribution >= 0.6 is 11.6 Å². The lowest BCUT2D eigenvalue weighted by atomic mass is 10.0. The van der Waals surface area contributed by atoms with Crippen molar-refractivity contribution in [1.82, 2.24) is 5.32 Å². The summed E-state index contributed by atoms with van der Waals surface area (Å²) in [6.45, 7) is 1.94. The van der Waals surface area contributed by atoms with Crippen molar-refractivity contribution in [3.8, 4) is 5.75 Å². The number of ether oxygens (including phenoxy) is 1. The summed E-state index contributed by atoms with van der Waals surface area (Å²) in [4.78, 5) is 12.4. The average Bonchev–Trinajstić information content (AvgIpc) is 2.57. The standard InChI is InChI=1S/C18H18ClNO2/c19-15-7-3-13(4-8-15)18(21)14-5-9-16(10-6-14)22-17-2-1-11-20-12-17/h3-10,17,20H,1-2,11-12H2. The highest BCUT2D eigenvalue weighted by atomic mass is 35.5. The van der Waals surface area contributed by atoms with Gasteiger partial charge in [0.1, 0.15) is 11.9 Å². The number of carbonyl (C=O) groups excluding carboxylic acids is 1. The molecule has 1 saturated heterocycles. The van der Waals surface area contributed by atoms with Gasteiger partial charge in [0.15, 0.2) is 5.78 Å². The summed E-state index contributed by atoms with van der Waals surface area (Å²) in [6.07, 6.45) is 2.42. The molecule has 0 bridgehead atoms. The van der Waals surface area contributed by atoms with Crippen molar-refractivity contribution in [2.75, 3.05) is 13.1 Å². The van der Waals surface area contributed by atoms with E-state index in [0.29, 0.717) is 16.1 Å². The third-order valence-electron chi connectivity index (χ3n) is 3.78. The molecule has 1 aliphatic rings. The third kappa shape index (κ3) is 3.67. The van der Waals surface area contributed by atoms with E-state index in [1.54, 1.807) is 24.3 Å². The van der Waals surface area contributed by atoms with Crippen LogP contribution in [0.15, 0.2) is 48.5 Å². The van der Waals surface area contributed by atoms with Gasteiger partial charge in [-0.25, -0.2) is 0 Å². The maximum atomic E-state index is 12.4. The molecule has 3 nitrogen and oxygen atoms in total. The van der Waals surface area contributed by atoms with Crippen molar-refractivity contribution in [3.05, 3.63) is 64.7 Å². The van der Waals surface area contributed by atoms with E-state index >= 15 is 0 Å². The lowest BCUT2D eigenvalue weighted by molar-refractivity contribution is 0.103. The van der Waals surface area contributed by atoms with Crippen LogP contribution in [-0.2, 0) is 0 Å². The van der Waals surface area contributed by atoms with Crippen molar-refractivity contribution in [3.63, 3.8) is 0 Å². The van der Waals surface area contributed by atoms with Gasteiger partial charge in [0.25, 0.3) is 0 Å². The van der Waals surface area contributed by atoms with Gasteiger partial charge in [-0.3, -0.25) is 4.79 Å². The molecule has 1 fully saturated rings. The zero-order chi connectivity index (χ0) is 15.4. The van der Waals surface area contributed by atoms with Gasteiger partial charge in [-0.2, -0.15) is 0 Å². The second-order valence-corrected chi connectivity index (χ2v) is 5.88. The molecule has 0 saturated carbocycles. The fraction of sp³-hybridized carbons (Fsp3) is 0.278. The number of carbonyl (C=O) groups is 1. The Bertz CT molecular complexity index is 631. The Kier molecular flexibility index (Phi) is 4.76. The zero-order valence-corrected chi connectivity index (χ0v) is 13.0. The zero-order valence-electron chi connectivity index (χ0n) is 12.2. The predicted molar refractivity (Wildman–Crippen MR) is 87.8 cm³/mol. The molecule has 2 aromatic carbocycles. The van der Waals surface area contributed by atoms with Crippen molar-refractivity contribution < 1.29 is 9.53 Å². The molecule has 0 amide bonds. The van der Waals surface area contributed by atoms with Crippen molar-refractivity contribution in [2.24, 2.45) is 0 Å². The number of hydrogen-bond donors (Lipinski definition) is 1. The van der Waals surface area contributed by atoms with Crippen LogP contribution in [0, 0.1) is 0 Å². The molecular weight excluding hydrogens is 298 g/mol. The van der Waals surface area contributed by atoms with Gasteiger partial charge in [0, 0.05) is 22.7 Å². The Morgan fingerprint density at radius 3 is 2.27 bits per heavy atom. The molecule has 4 heteroatoms. The topological polar surface area (TPSA) is 38.3 Å². The molecule has 1 N–H and O–H groups in total. The number of benzene rings is 2. The van der Waals surface area contributed by atoms with Crippen LogP contribution in [0.3, 0.4) is 0 Å². The molecule has 0 aromatic heterocycles. The number of piperidine rings is 1. The van der Waals surface area contributed by atoms with E-state index < -0.39 is 0 Å². The molecule has 114 valence electrons. The monoisotopic (exact) mass is 315 g/mol. The van der Waals surface area contributed by atoms with E-state index in [4.69, 9.17) is 16.3 Å². The van der Waals surface area contributed by atoms with Crippen molar-refractivity contribution >= 4 is 17.4 Å². The van der Waals surface area contributed by atoms with Gasteiger partial charge in [0.05, 0.1) is 0 Å². The summed E-state index contributed by atoms with van der Waals surface area (Å²) in [5.74, 6) is 0.795. The molecule has 1 atom stereocenters. The number of rotatable bonds is 4. The van der Waals surface area contributed by atoms with Gasteiger partial charge >= 0.3 is 0 Å². The lowest BCUT2D eigenvalue weighted by Gasteiger charge is -2.23. The Labute approximate surface area is 135 Å². The van der Waals surface area contributed by atoms with Gasteiger partial charge < -0.3 is 10.1 Å². The molecule has 1 unspecified atom stereocenters. The molecule has 2 aromatic rings. The first kappa shape index (κ1) is 15.1. The smallest absolute Gasteiger partial charge is 0.193 e. The second kappa shape index (κ2) is 6.95.